The molecule has 0 aliphatic heterocycles. The monoisotopic (exact) mass is 184 g/mol. The zero-order valence-corrected chi connectivity index (χ0v) is 7.45. The standard InChI is InChI=1S/C8H9ClN2O/c1-11(6-9)8(12)7-3-2-4-10-5-7/h2-5H,6H2,1H3. The third-order valence-electron chi connectivity index (χ3n) is 1.43. The van der Waals surface area contributed by atoms with E-state index in [0.717, 1.165) is 0 Å². The first-order valence-electron chi connectivity index (χ1n) is 3.47. The molecule has 0 saturated carbocycles. The van der Waals surface area contributed by atoms with Crippen LogP contribution in [0.2, 0.25) is 0 Å². The highest BCUT2D eigenvalue weighted by atomic mass is 35.5. The Morgan fingerprint density at radius 1 is 1.75 bits per heavy atom. The molecule has 1 heterocycles. The molecule has 0 unspecified atom stereocenters. The van der Waals surface area contributed by atoms with Crippen molar-refractivity contribution < 1.29 is 4.79 Å². The number of amides is 1. The first kappa shape index (κ1) is 9.00. The Morgan fingerprint density at radius 2 is 2.50 bits per heavy atom. The molecule has 1 aromatic rings. The zero-order valence-electron chi connectivity index (χ0n) is 6.70. The largest absolute Gasteiger partial charge is 0.328 e. The molecule has 1 rings (SSSR count). The van der Waals surface area contributed by atoms with Gasteiger partial charge in [-0.3, -0.25) is 9.78 Å². The summed E-state index contributed by atoms with van der Waals surface area (Å²) in [6.07, 6.45) is 3.14. The van der Waals surface area contributed by atoms with Gasteiger partial charge in [0.15, 0.2) is 0 Å². The molecular weight excluding hydrogens is 176 g/mol. The molecule has 0 saturated heterocycles. The van der Waals surface area contributed by atoms with E-state index in [4.69, 9.17) is 11.6 Å². The molecule has 1 amide bonds. The van der Waals surface area contributed by atoms with E-state index in [1.54, 1.807) is 25.4 Å². The lowest BCUT2D eigenvalue weighted by Gasteiger charge is -2.12. The molecule has 0 bridgehead atoms. The number of hydrogen-bond donors (Lipinski definition) is 0. The maximum Gasteiger partial charge on any atom is 0.256 e. The van der Waals surface area contributed by atoms with Gasteiger partial charge in [-0.05, 0) is 12.1 Å². The smallest absolute Gasteiger partial charge is 0.256 e. The average Bonchev–Trinajstić information content (AvgIpc) is 2.17. The molecule has 0 fully saturated rings. The maximum atomic E-state index is 11.4. The predicted octanol–water partition coefficient (Wildman–Crippen LogP) is 1.35. The Balaban J connectivity index is 2.79. The average molecular weight is 185 g/mol. The first-order valence-corrected chi connectivity index (χ1v) is 4.00. The summed E-state index contributed by atoms with van der Waals surface area (Å²) >= 11 is 5.48. The molecule has 0 atom stereocenters. The van der Waals surface area contributed by atoms with E-state index in [1.165, 1.54) is 11.1 Å². The number of halogens is 1. The molecule has 3 nitrogen and oxygen atoms in total. The second-order valence-corrected chi connectivity index (χ2v) is 2.60. The van der Waals surface area contributed by atoms with Gasteiger partial charge in [0.25, 0.3) is 5.91 Å². The van der Waals surface area contributed by atoms with E-state index in [1.807, 2.05) is 0 Å². The molecule has 0 aliphatic rings. The number of rotatable bonds is 2. The Hall–Kier alpha value is -1.09. The fourth-order valence-electron chi connectivity index (χ4n) is 0.764. The van der Waals surface area contributed by atoms with Gasteiger partial charge in [-0.1, -0.05) is 0 Å². The summed E-state index contributed by atoms with van der Waals surface area (Å²) in [5, 5.41) is 0. The molecule has 0 aliphatic carbocycles. The Kier molecular flexibility index (Phi) is 3.05. The van der Waals surface area contributed by atoms with Gasteiger partial charge in [0.1, 0.15) is 0 Å². The van der Waals surface area contributed by atoms with E-state index in [2.05, 4.69) is 4.98 Å². The second kappa shape index (κ2) is 4.07. The quantitative estimate of drug-likeness (QED) is 0.514. The molecule has 0 spiro atoms. The van der Waals surface area contributed by atoms with Gasteiger partial charge in [-0.2, -0.15) is 0 Å². The number of aromatic nitrogens is 1. The van der Waals surface area contributed by atoms with Gasteiger partial charge in [-0.25, -0.2) is 0 Å². The molecule has 0 N–H and O–H groups in total. The van der Waals surface area contributed by atoms with E-state index >= 15 is 0 Å². The van der Waals surface area contributed by atoms with Crippen LogP contribution in [0.25, 0.3) is 0 Å². The number of alkyl halides is 1. The lowest BCUT2D eigenvalue weighted by molar-refractivity contribution is 0.0818. The van der Waals surface area contributed by atoms with Gasteiger partial charge in [0, 0.05) is 19.4 Å². The number of pyridine rings is 1. The normalized spacial score (nSPS) is 9.50. The van der Waals surface area contributed by atoms with E-state index in [0.29, 0.717) is 5.56 Å². The van der Waals surface area contributed by atoms with E-state index < -0.39 is 0 Å². The van der Waals surface area contributed by atoms with Crippen molar-refractivity contribution in [2.75, 3.05) is 13.1 Å². The number of nitrogens with zero attached hydrogens (tertiary/aromatic N) is 2. The summed E-state index contributed by atoms with van der Waals surface area (Å²) in [5.41, 5.74) is 0.556. The fraction of sp³-hybridized carbons (Fsp3) is 0.250. The second-order valence-electron chi connectivity index (χ2n) is 2.36. The summed E-state index contributed by atoms with van der Waals surface area (Å²) in [5.74, 6) is -0.113. The van der Waals surface area contributed by atoms with Gasteiger partial charge >= 0.3 is 0 Å². The van der Waals surface area contributed by atoms with Crippen LogP contribution in [0.4, 0.5) is 0 Å². The highest BCUT2D eigenvalue weighted by molar-refractivity contribution is 6.18. The van der Waals surface area contributed by atoms with Crippen molar-refractivity contribution in [1.82, 2.24) is 9.88 Å². The van der Waals surface area contributed by atoms with E-state index in [9.17, 15) is 4.79 Å². The molecule has 12 heavy (non-hydrogen) atoms. The van der Waals surface area contributed by atoms with Gasteiger partial charge in [0.05, 0.1) is 11.6 Å². The van der Waals surface area contributed by atoms with Crippen LogP contribution in [0.5, 0.6) is 0 Å². The van der Waals surface area contributed by atoms with Gasteiger partial charge in [-0.15, -0.1) is 11.6 Å². The molecule has 0 radical (unpaired) electrons. The van der Waals surface area contributed by atoms with Crippen molar-refractivity contribution in [3.63, 3.8) is 0 Å². The number of carbonyl (C=O) groups excluding carboxylic acids is 1. The fourth-order valence-corrected chi connectivity index (χ4v) is 0.872. The summed E-state index contributed by atoms with van der Waals surface area (Å²) in [6.45, 7) is 0. The van der Waals surface area contributed by atoms with Gasteiger partial charge in [0.2, 0.25) is 0 Å². The topological polar surface area (TPSA) is 33.2 Å². The Labute approximate surface area is 76.0 Å². The van der Waals surface area contributed by atoms with Crippen LogP contribution >= 0.6 is 11.6 Å². The minimum Gasteiger partial charge on any atom is -0.328 e. The molecule has 4 heteroatoms. The van der Waals surface area contributed by atoms with E-state index in [-0.39, 0.29) is 11.9 Å². The highest BCUT2D eigenvalue weighted by Gasteiger charge is 2.08. The summed E-state index contributed by atoms with van der Waals surface area (Å²) in [6, 6.07) is 3.61. The molecule has 0 aromatic carbocycles. The minimum atomic E-state index is -0.113. The lowest BCUT2D eigenvalue weighted by atomic mass is 10.2. The SMILES string of the molecule is CN(CCl)C(=O)c1cccnc1. The predicted molar refractivity (Wildman–Crippen MR) is 47.1 cm³/mol. The van der Waals surface area contributed by atoms with Crippen molar-refractivity contribution in [2.45, 2.75) is 0 Å². The highest BCUT2D eigenvalue weighted by Crippen LogP contribution is 2.01. The number of carbonyl (C=O) groups is 1. The van der Waals surface area contributed by atoms with Crippen molar-refractivity contribution in [3.05, 3.63) is 30.1 Å². The van der Waals surface area contributed by atoms with Crippen LogP contribution in [0.3, 0.4) is 0 Å². The first-order chi connectivity index (χ1) is 5.75. The van der Waals surface area contributed by atoms with Crippen molar-refractivity contribution in [1.29, 1.82) is 0 Å². The van der Waals surface area contributed by atoms with Crippen LogP contribution in [0.15, 0.2) is 24.5 Å². The molecule has 1 aromatic heterocycles. The minimum absolute atomic E-state index is 0.113. The number of hydrogen-bond acceptors (Lipinski definition) is 2. The van der Waals surface area contributed by atoms with Crippen molar-refractivity contribution >= 4 is 17.5 Å². The van der Waals surface area contributed by atoms with Crippen molar-refractivity contribution in [2.24, 2.45) is 0 Å². The maximum absolute atomic E-state index is 11.4. The zero-order chi connectivity index (χ0) is 8.97. The molecule has 64 valence electrons. The summed E-state index contributed by atoms with van der Waals surface area (Å²) in [4.78, 5) is 16.6. The Bertz CT molecular complexity index is 263. The van der Waals surface area contributed by atoms with Gasteiger partial charge < -0.3 is 4.90 Å². The Morgan fingerprint density at radius 3 is 3.00 bits per heavy atom. The van der Waals surface area contributed by atoms with Crippen LogP contribution < -0.4 is 0 Å². The van der Waals surface area contributed by atoms with Crippen molar-refractivity contribution in [3.8, 4) is 0 Å². The van der Waals surface area contributed by atoms with Crippen LogP contribution in [0.1, 0.15) is 10.4 Å². The van der Waals surface area contributed by atoms with Crippen LogP contribution in [0, 0.1) is 0 Å². The van der Waals surface area contributed by atoms with Crippen LogP contribution in [-0.4, -0.2) is 28.8 Å². The third-order valence-corrected chi connectivity index (χ3v) is 1.79. The van der Waals surface area contributed by atoms with Crippen LogP contribution in [-0.2, 0) is 0 Å². The summed E-state index contributed by atoms with van der Waals surface area (Å²) < 4.78 is 0. The summed E-state index contributed by atoms with van der Waals surface area (Å²) in [7, 11) is 1.64. The lowest BCUT2D eigenvalue weighted by Crippen LogP contribution is -2.25. The molecular formula is C8H9ClN2O. The third kappa shape index (κ3) is 1.95.